The molecule has 1 unspecified atom stereocenters. The van der Waals surface area contributed by atoms with Crippen LogP contribution in [0.15, 0.2) is 18.2 Å². The number of hydrogen-bond acceptors (Lipinski definition) is 1. The molecule has 1 saturated heterocycles. The highest BCUT2D eigenvalue weighted by Gasteiger charge is 2.39. The highest BCUT2D eigenvalue weighted by molar-refractivity contribution is 5.85. The quantitative estimate of drug-likeness (QED) is 0.673. The van der Waals surface area contributed by atoms with Crippen molar-refractivity contribution in [3.8, 4) is 0 Å². The van der Waals surface area contributed by atoms with Gasteiger partial charge < -0.3 is 5.32 Å². The van der Waals surface area contributed by atoms with E-state index >= 15 is 0 Å². The number of carbonyl (C=O) groups excluding carboxylic acids is 1. The number of benzene rings is 1. The fourth-order valence-corrected chi connectivity index (χ4v) is 1.87. The first-order valence-electron chi connectivity index (χ1n) is 4.90. The van der Waals surface area contributed by atoms with Crippen LogP contribution in [0.5, 0.6) is 0 Å². The number of aryl methyl sites for hydroxylation is 2. The molecule has 0 radical (unpaired) electrons. The predicted octanol–water partition coefficient (Wildman–Crippen LogP) is 2.04. The number of β-lactam (4-membered cyclic amide) rings is 1. The summed E-state index contributed by atoms with van der Waals surface area (Å²) in [6.45, 7) is 6.27. The molecule has 1 heterocycles. The smallest absolute Gasteiger partial charge is 0.223 e. The normalized spacial score (nSPS) is 25.5. The molecular formula is C12H15NO. The van der Waals surface area contributed by atoms with Crippen LogP contribution in [0.4, 0.5) is 0 Å². The van der Waals surface area contributed by atoms with E-state index in [1.807, 2.05) is 0 Å². The van der Waals surface area contributed by atoms with Crippen LogP contribution in [-0.4, -0.2) is 5.91 Å². The lowest BCUT2D eigenvalue weighted by molar-refractivity contribution is -0.132. The van der Waals surface area contributed by atoms with Crippen molar-refractivity contribution in [3.05, 3.63) is 34.9 Å². The summed E-state index contributed by atoms with van der Waals surface area (Å²) in [5.74, 6) is 0.144. The molecule has 1 atom stereocenters. The number of rotatable bonds is 1. The monoisotopic (exact) mass is 189 g/mol. The number of nitrogens with one attached hydrogen (secondary N) is 1. The fourth-order valence-electron chi connectivity index (χ4n) is 1.87. The number of amides is 1. The summed E-state index contributed by atoms with van der Waals surface area (Å²) in [6, 6.07) is 6.37. The van der Waals surface area contributed by atoms with Crippen LogP contribution >= 0.6 is 0 Å². The largest absolute Gasteiger partial charge is 0.346 e. The van der Waals surface area contributed by atoms with Crippen LogP contribution in [-0.2, 0) is 10.3 Å². The second kappa shape index (κ2) is 2.84. The van der Waals surface area contributed by atoms with Crippen molar-refractivity contribution in [2.45, 2.75) is 32.7 Å². The molecular weight excluding hydrogens is 174 g/mol. The number of hydrogen-bond donors (Lipinski definition) is 1. The topological polar surface area (TPSA) is 29.1 Å². The molecule has 1 amide bonds. The van der Waals surface area contributed by atoms with Crippen LogP contribution in [0.1, 0.15) is 30.0 Å². The lowest BCUT2D eigenvalue weighted by Gasteiger charge is -2.39. The van der Waals surface area contributed by atoms with Gasteiger partial charge in [-0.3, -0.25) is 4.79 Å². The SMILES string of the molecule is Cc1ccc(C2(C)CC(=O)N2)cc1C. The summed E-state index contributed by atoms with van der Waals surface area (Å²) in [5.41, 5.74) is 3.66. The zero-order valence-corrected chi connectivity index (χ0v) is 8.85. The zero-order chi connectivity index (χ0) is 10.3. The van der Waals surface area contributed by atoms with Crippen molar-refractivity contribution in [1.29, 1.82) is 0 Å². The van der Waals surface area contributed by atoms with Crippen LogP contribution in [0, 0.1) is 13.8 Å². The van der Waals surface area contributed by atoms with Gasteiger partial charge in [0.25, 0.3) is 0 Å². The molecule has 1 fully saturated rings. The Morgan fingerprint density at radius 2 is 1.93 bits per heavy atom. The molecule has 0 aromatic heterocycles. The molecule has 0 bridgehead atoms. The van der Waals surface area contributed by atoms with Crippen molar-refractivity contribution in [3.63, 3.8) is 0 Å². The first-order chi connectivity index (χ1) is 6.51. The van der Waals surface area contributed by atoms with Crippen molar-refractivity contribution in [2.75, 3.05) is 0 Å². The van der Waals surface area contributed by atoms with Crippen molar-refractivity contribution < 1.29 is 4.79 Å². The summed E-state index contributed by atoms with van der Waals surface area (Å²) >= 11 is 0. The van der Waals surface area contributed by atoms with E-state index in [1.54, 1.807) is 0 Å². The summed E-state index contributed by atoms with van der Waals surface area (Å²) < 4.78 is 0. The second-order valence-electron chi connectivity index (χ2n) is 4.36. The van der Waals surface area contributed by atoms with Gasteiger partial charge in [-0.25, -0.2) is 0 Å². The lowest BCUT2D eigenvalue weighted by atomic mass is 9.81. The van der Waals surface area contributed by atoms with Gasteiger partial charge in [-0.1, -0.05) is 18.2 Å². The fraction of sp³-hybridized carbons (Fsp3) is 0.417. The molecule has 14 heavy (non-hydrogen) atoms. The number of carbonyl (C=O) groups is 1. The zero-order valence-electron chi connectivity index (χ0n) is 8.85. The standard InChI is InChI=1S/C12H15NO/c1-8-4-5-10(6-9(8)2)12(3)7-11(14)13-12/h4-6H,7H2,1-3H3,(H,13,14). The lowest BCUT2D eigenvalue weighted by Crippen LogP contribution is -2.56. The molecule has 2 heteroatoms. The maximum absolute atomic E-state index is 10.9. The molecule has 0 saturated carbocycles. The highest BCUT2D eigenvalue weighted by Crippen LogP contribution is 2.32. The van der Waals surface area contributed by atoms with Gasteiger partial charge in [-0.15, -0.1) is 0 Å². The second-order valence-corrected chi connectivity index (χ2v) is 4.36. The first-order valence-corrected chi connectivity index (χ1v) is 4.90. The molecule has 1 aromatic carbocycles. The third-order valence-corrected chi connectivity index (χ3v) is 3.07. The molecule has 2 rings (SSSR count). The van der Waals surface area contributed by atoms with Gasteiger partial charge in [0.1, 0.15) is 0 Å². The molecule has 74 valence electrons. The van der Waals surface area contributed by atoms with Gasteiger partial charge in [0.15, 0.2) is 0 Å². The molecule has 0 spiro atoms. The van der Waals surface area contributed by atoms with E-state index in [2.05, 4.69) is 44.3 Å². The van der Waals surface area contributed by atoms with Crippen molar-refractivity contribution in [2.24, 2.45) is 0 Å². The molecule has 1 aliphatic rings. The van der Waals surface area contributed by atoms with Crippen LogP contribution in [0.3, 0.4) is 0 Å². The van der Waals surface area contributed by atoms with E-state index in [0.29, 0.717) is 6.42 Å². The van der Waals surface area contributed by atoms with Gasteiger partial charge in [0.05, 0.1) is 12.0 Å². The average Bonchev–Trinajstić information content (AvgIpc) is 2.07. The van der Waals surface area contributed by atoms with Gasteiger partial charge in [-0.2, -0.15) is 0 Å². The van der Waals surface area contributed by atoms with E-state index in [0.717, 1.165) is 0 Å². The minimum absolute atomic E-state index is 0.129. The van der Waals surface area contributed by atoms with E-state index in [9.17, 15) is 4.79 Å². The Labute approximate surface area is 84.3 Å². The Balaban J connectivity index is 2.34. The van der Waals surface area contributed by atoms with Crippen molar-refractivity contribution >= 4 is 5.91 Å². The summed E-state index contributed by atoms with van der Waals surface area (Å²) in [4.78, 5) is 10.9. The maximum Gasteiger partial charge on any atom is 0.223 e. The van der Waals surface area contributed by atoms with Crippen molar-refractivity contribution in [1.82, 2.24) is 5.32 Å². The van der Waals surface area contributed by atoms with Gasteiger partial charge in [0.2, 0.25) is 5.91 Å². The Morgan fingerprint density at radius 3 is 2.43 bits per heavy atom. The summed E-state index contributed by atoms with van der Waals surface area (Å²) in [5, 5.41) is 2.94. The van der Waals surface area contributed by atoms with E-state index in [-0.39, 0.29) is 11.4 Å². The minimum Gasteiger partial charge on any atom is -0.346 e. The van der Waals surface area contributed by atoms with Gasteiger partial charge in [-0.05, 0) is 37.5 Å². The Hall–Kier alpha value is -1.31. The average molecular weight is 189 g/mol. The Kier molecular flexibility index (Phi) is 1.88. The summed E-state index contributed by atoms with van der Waals surface area (Å²) in [7, 11) is 0. The van der Waals surface area contributed by atoms with Crippen LogP contribution in [0.25, 0.3) is 0 Å². The van der Waals surface area contributed by atoms with E-state index < -0.39 is 0 Å². The third kappa shape index (κ3) is 1.31. The predicted molar refractivity (Wildman–Crippen MR) is 56.0 cm³/mol. The molecule has 1 aliphatic heterocycles. The van der Waals surface area contributed by atoms with Crippen LogP contribution < -0.4 is 5.32 Å². The Bertz CT molecular complexity index is 387. The molecule has 0 aliphatic carbocycles. The first kappa shape index (κ1) is 9.25. The summed E-state index contributed by atoms with van der Waals surface area (Å²) in [6.07, 6.45) is 0.607. The minimum atomic E-state index is -0.129. The molecule has 1 aromatic rings. The third-order valence-electron chi connectivity index (χ3n) is 3.07. The van der Waals surface area contributed by atoms with E-state index in [1.165, 1.54) is 16.7 Å². The highest BCUT2D eigenvalue weighted by atomic mass is 16.2. The Morgan fingerprint density at radius 1 is 1.29 bits per heavy atom. The molecule has 1 N–H and O–H groups in total. The maximum atomic E-state index is 10.9. The van der Waals surface area contributed by atoms with Crippen LogP contribution in [0.2, 0.25) is 0 Å². The van der Waals surface area contributed by atoms with Gasteiger partial charge >= 0.3 is 0 Å². The molecule has 2 nitrogen and oxygen atoms in total. The van der Waals surface area contributed by atoms with Gasteiger partial charge in [0, 0.05) is 0 Å². The van der Waals surface area contributed by atoms with E-state index in [4.69, 9.17) is 0 Å².